The Bertz CT molecular complexity index is 958. The largest absolute Gasteiger partial charge is 0.338 e. The number of rotatable bonds is 4. The van der Waals surface area contributed by atoms with Crippen LogP contribution in [0.2, 0.25) is 0 Å². The van der Waals surface area contributed by atoms with E-state index in [1.54, 1.807) is 17.0 Å². The zero-order valence-electron chi connectivity index (χ0n) is 17.8. The van der Waals surface area contributed by atoms with E-state index in [0.717, 1.165) is 36.8 Å². The zero-order chi connectivity index (χ0) is 21.6. The van der Waals surface area contributed by atoms with Gasteiger partial charge in [0, 0.05) is 50.3 Å². The van der Waals surface area contributed by atoms with E-state index in [9.17, 15) is 14.4 Å². The molecule has 2 aromatic carbocycles. The number of nitrogens with zero attached hydrogens (tertiary/aromatic N) is 2. The van der Waals surface area contributed by atoms with Crippen LogP contribution >= 0.6 is 0 Å². The number of hydrogen-bond acceptors (Lipinski definition) is 3. The number of nitrogens with one attached hydrogen (secondary N) is 1. The molecule has 1 heterocycles. The van der Waals surface area contributed by atoms with Crippen LogP contribution in [0.5, 0.6) is 0 Å². The number of carbonyl (C=O) groups excluding carboxylic acids is 3. The number of carbonyl (C=O) groups is 3. The molecule has 0 unspecified atom stereocenters. The lowest BCUT2D eigenvalue weighted by atomic mass is 9.89. The Morgan fingerprint density at radius 1 is 0.871 bits per heavy atom. The van der Waals surface area contributed by atoms with Crippen molar-refractivity contribution in [3.63, 3.8) is 0 Å². The number of hydrogen-bond donors (Lipinski definition) is 1. The molecule has 0 bridgehead atoms. The minimum absolute atomic E-state index is 0.0211. The summed E-state index contributed by atoms with van der Waals surface area (Å²) in [5.74, 6) is 0.149. The monoisotopic (exact) mass is 419 g/mol. The first kappa shape index (κ1) is 21.1. The maximum Gasteiger partial charge on any atom is 0.317 e. The Hall–Kier alpha value is -3.15. The van der Waals surface area contributed by atoms with Crippen molar-refractivity contribution in [1.29, 1.82) is 0 Å². The summed E-state index contributed by atoms with van der Waals surface area (Å²) in [5.41, 5.74) is 3.57. The van der Waals surface area contributed by atoms with Crippen LogP contribution in [0.15, 0.2) is 48.5 Å². The molecule has 3 amide bonds. The Morgan fingerprint density at radius 3 is 2.48 bits per heavy atom. The predicted molar refractivity (Wildman–Crippen MR) is 119 cm³/mol. The lowest BCUT2D eigenvalue weighted by Crippen LogP contribution is -2.43. The summed E-state index contributed by atoms with van der Waals surface area (Å²) in [5, 5.41) is 2.99. The van der Waals surface area contributed by atoms with Crippen molar-refractivity contribution >= 4 is 17.7 Å². The second-order valence-corrected chi connectivity index (χ2v) is 8.25. The van der Waals surface area contributed by atoms with Crippen molar-refractivity contribution in [3.8, 4) is 0 Å². The number of aryl methyl sites for hydroxylation is 1. The average Bonchev–Trinajstić information content (AvgIpc) is 3.06. The Labute approximate surface area is 183 Å². The van der Waals surface area contributed by atoms with Gasteiger partial charge in [0.05, 0.1) is 0 Å². The normalized spacial score (nSPS) is 16.5. The number of urea groups is 1. The third-order valence-electron chi connectivity index (χ3n) is 6.11. The Balaban J connectivity index is 1.31. The summed E-state index contributed by atoms with van der Waals surface area (Å²) in [6.07, 6.45) is 3.84. The minimum atomic E-state index is -0.0717. The molecule has 2 aliphatic rings. The van der Waals surface area contributed by atoms with Crippen molar-refractivity contribution in [2.45, 2.75) is 32.1 Å². The summed E-state index contributed by atoms with van der Waals surface area (Å²) < 4.78 is 0. The van der Waals surface area contributed by atoms with Crippen LogP contribution < -0.4 is 5.32 Å². The molecule has 1 fully saturated rings. The first-order valence-electron chi connectivity index (χ1n) is 11.1. The van der Waals surface area contributed by atoms with Gasteiger partial charge in [-0.05, 0) is 48.9 Å². The average molecular weight is 420 g/mol. The fraction of sp³-hybridized carbons (Fsp3) is 0.400. The molecule has 162 valence electrons. The summed E-state index contributed by atoms with van der Waals surface area (Å²) in [6.45, 7) is 2.89. The molecule has 2 aromatic rings. The summed E-state index contributed by atoms with van der Waals surface area (Å²) in [7, 11) is 0. The van der Waals surface area contributed by atoms with Crippen LogP contribution in [0, 0.1) is 0 Å². The predicted octanol–water partition coefficient (Wildman–Crippen LogP) is 3.31. The van der Waals surface area contributed by atoms with Gasteiger partial charge in [-0.25, -0.2) is 4.79 Å². The standard InChI is InChI=1S/C25H29N3O3/c29-23-9-4-8-20-18-21(10-11-22(20)23)24(30)27-14-5-15-28(17-16-27)25(31)26-13-12-19-6-2-1-3-7-19/h1-3,6-7,10-11,18H,4-5,8-9,12-17H2,(H,26,31). The molecule has 1 aliphatic carbocycles. The van der Waals surface area contributed by atoms with Gasteiger partial charge in [0.1, 0.15) is 0 Å². The second-order valence-electron chi connectivity index (χ2n) is 8.25. The molecule has 0 saturated carbocycles. The Morgan fingerprint density at radius 2 is 1.65 bits per heavy atom. The third kappa shape index (κ3) is 5.13. The SMILES string of the molecule is O=C1CCCc2cc(C(=O)N3CCCN(C(=O)NCCc4ccccc4)CC3)ccc21. The van der Waals surface area contributed by atoms with E-state index < -0.39 is 0 Å². The minimum Gasteiger partial charge on any atom is -0.338 e. The molecule has 6 heteroatoms. The Kier molecular flexibility index (Phi) is 6.65. The molecule has 1 N–H and O–H groups in total. The molecule has 1 saturated heterocycles. The van der Waals surface area contributed by atoms with Crippen molar-refractivity contribution in [1.82, 2.24) is 15.1 Å². The molecule has 0 atom stereocenters. The number of amides is 3. The second kappa shape index (κ2) is 9.77. The van der Waals surface area contributed by atoms with Gasteiger partial charge in [-0.1, -0.05) is 36.4 Å². The molecule has 0 aromatic heterocycles. The number of Topliss-reactive ketones (excluding diaryl/α,β-unsaturated/α-hetero) is 1. The van der Waals surface area contributed by atoms with Gasteiger partial charge < -0.3 is 15.1 Å². The summed E-state index contributed by atoms with van der Waals surface area (Å²) in [4.78, 5) is 41.3. The molecule has 31 heavy (non-hydrogen) atoms. The van der Waals surface area contributed by atoms with Crippen molar-refractivity contribution in [2.75, 3.05) is 32.7 Å². The van der Waals surface area contributed by atoms with Gasteiger partial charge in [0.2, 0.25) is 0 Å². The molecule has 1 aliphatic heterocycles. The summed E-state index contributed by atoms with van der Waals surface area (Å²) >= 11 is 0. The molecule has 4 rings (SSSR count). The quantitative estimate of drug-likeness (QED) is 0.827. The lowest BCUT2D eigenvalue weighted by Gasteiger charge is -2.23. The zero-order valence-corrected chi connectivity index (χ0v) is 17.8. The van der Waals surface area contributed by atoms with Gasteiger partial charge >= 0.3 is 6.03 Å². The number of benzene rings is 2. The van der Waals surface area contributed by atoms with Crippen molar-refractivity contribution < 1.29 is 14.4 Å². The fourth-order valence-electron chi connectivity index (χ4n) is 4.36. The highest BCUT2D eigenvalue weighted by Crippen LogP contribution is 2.23. The van der Waals surface area contributed by atoms with Crippen LogP contribution in [-0.4, -0.2) is 60.2 Å². The molecular formula is C25H29N3O3. The van der Waals surface area contributed by atoms with Crippen molar-refractivity contribution in [3.05, 3.63) is 70.8 Å². The maximum atomic E-state index is 13.0. The number of ketones is 1. The first-order valence-corrected chi connectivity index (χ1v) is 11.1. The van der Waals surface area contributed by atoms with Crippen LogP contribution in [-0.2, 0) is 12.8 Å². The van der Waals surface area contributed by atoms with Crippen LogP contribution in [0.25, 0.3) is 0 Å². The molecule has 0 radical (unpaired) electrons. The number of fused-ring (bicyclic) bond motifs is 1. The van der Waals surface area contributed by atoms with Gasteiger partial charge in [-0.15, -0.1) is 0 Å². The fourth-order valence-corrected chi connectivity index (χ4v) is 4.36. The van der Waals surface area contributed by atoms with E-state index in [4.69, 9.17) is 0 Å². The van der Waals surface area contributed by atoms with Crippen LogP contribution in [0.4, 0.5) is 4.79 Å². The van der Waals surface area contributed by atoms with Gasteiger partial charge in [-0.3, -0.25) is 9.59 Å². The van der Waals surface area contributed by atoms with E-state index in [1.807, 2.05) is 29.2 Å². The van der Waals surface area contributed by atoms with E-state index in [2.05, 4.69) is 17.4 Å². The van der Waals surface area contributed by atoms with E-state index in [1.165, 1.54) is 5.56 Å². The molecule has 0 spiro atoms. The van der Waals surface area contributed by atoms with Gasteiger partial charge in [-0.2, -0.15) is 0 Å². The first-order chi connectivity index (χ1) is 15.1. The molecular weight excluding hydrogens is 390 g/mol. The van der Waals surface area contributed by atoms with Gasteiger partial charge in [0.15, 0.2) is 5.78 Å². The van der Waals surface area contributed by atoms with E-state index >= 15 is 0 Å². The van der Waals surface area contributed by atoms with Crippen molar-refractivity contribution in [2.24, 2.45) is 0 Å². The lowest BCUT2D eigenvalue weighted by molar-refractivity contribution is 0.0761. The van der Waals surface area contributed by atoms with Crippen LogP contribution in [0.3, 0.4) is 0 Å². The van der Waals surface area contributed by atoms with E-state index in [-0.39, 0.29) is 17.7 Å². The smallest absolute Gasteiger partial charge is 0.317 e. The maximum absolute atomic E-state index is 13.0. The van der Waals surface area contributed by atoms with Crippen LogP contribution in [0.1, 0.15) is 51.1 Å². The topological polar surface area (TPSA) is 69.7 Å². The summed E-state index contributed by atoms with van der Waals surface area (Å²) in [6, 6.07) is 15.5. The molecule has 6 nitrogen and oxygen atoms in total. The highest BCUT2D eigenvalue weighted by Gasteiger charge is 2.24. The van der Waals surface area contributed by atoms with E-state index in [0.29, 0.717) is 44.7 Å². The highest BCUT2D eigenvalue weighted by atomic mass is 16.2. The van der Waals surface area contributed by atoms with Gasteiger partial charge in [0.25, 0.3) is 5.91 Å². The highest BCUT2D eigenvalue weighted by molar-refractivity contribution is 6.01. The third-order valence-corrected chi connectivity index (χ3v) is 6.11.